The average Bonchev–Trinajstić information content (AvgIpc) is 2.55. The molecule has 0 radical (unpaired) electrons. The number of aliphatic hydroxyl groups excluding tert-OH is 1. The van der Waals surface area contributed by atoms with Crippen molar-refractivity contribution in [1.82, 2.24) is 0 Å². The molecule has 0 unspecified atom stereocenters. The fourth-order valence-corrected chi connectivity index (χ4v) is 2.39. The maximum absolute atomic E-state index is 10.2. The zero-order valence-electron chi connectivity index (χ0n) is 13.8. The van der Waals surface area contributed by atoms with E-state index in [-0.39, 0.29) is 19.6 Å². The van der Waals surface area contributed by atoms with Crippen molar-refractivity contribution in [1.29, 1.82) is 0 Å². The van der Waals surface area contributed by atoms with E-state index in [4.69, 9.17) is 38.2 Å². The van der Waals surface area contributed by atoms with Gasteiger partial charge in [0.25, 0.3) is 0 Å². The van der Waals surface area contributed by atoms with Crippen LogP contribution in [0.15, 0.2) is 48.5 Å². The van der Waals surface area contributed by atoms with E-state index in [0.717, 1.165) is 22.6 Å². The highest BCUT2D eigenvalue weighted by atomic mass is 35.5. The number of carboxylic acids is 1. The van der Waals surface area contributed by atoms with Crippen LogP contribution >= 0.6 is 23.2 Å². The smallest absolute Gasteiger partial charge is 0.305 e. The van der Waals surface area contributed by atoms with Crippen molar-refractivity contribution in [3.63, 3.8) is 0 Å². The molecule has 0 heterocycles. The highest BCUT2D eigenvalue weighted by Gasteiger charge is 1.97. The molecule has 4 nitrogen and oxygen atoms in total. The van der Waals surface area contributed by atoms with E-state index < -0.39 is 5.97 Å². The molecule has 0 aliphatic carbocycles. The maximum atomic E-state index is 10.2. The minimum Gasteiger partial charge on any atom is -0.481 e. The number of hydrogen-bond donors (Lipinski definition) is 2. The van der Waals surface area contributed by atoms with E-state index >= 15 is 0 Å². The molecule has 0 saturated heterocycles. The molecular formula is C19H22Cl2O4. The van der Waals surface area contributed by atoms with Gasteiger partial charge in [0.15, 0.2) is 0 Å². The molecule has 0 bridgehead atoms. The highest BCUT2D eigenvalue weighted by molar-refractivity contribution is 6.30. The van der Waals surface area contributed by atoms with Crippen LogP contribution in [0.5, 0.6) is 0 Å². The van der Waals surface area contributed by atoms with Crippen LogP contribution in [-0.2, 0) is 22.4 Å². The number of benzene rings is 2. The summed E-state index contributed by atoms with van der Waals surface area (Å²) in [7, 11) is 0. The summed E-state index contributed by atoms with van der Waals surface area (Å²) in [5.41, 5.74) is 2.17. The van der Waals surface area contributed by atoms with Gasteiger partial charge < -0.3 is 14.9 Å². The molecule has 0 aliphatic heterocycles. The maximum Gasteiger partial charge on any atom is 0.305 e. The average molecular weight is 385 g/mol. The number of halogens is 2. The molecular weight excluding hydrogens is 363 g/mol. The summed E-state index contributed by atoms with van der Waals surface area (Å²) in [6.07, 6.45) is 1.48. The summed E-state index contributed by atoms with van der Waals surface area (Å²) in [6, 6.07) is 15.1. The fourth-order valence-electron chi connectivity index (χ4n) is 1.97. The number of rotatable bonds is 8. The molecule has 0 aromatic heterocycles. The van der Waals surface area contributed by atoms with Crippen molar-refractivity contribution in [3.05, 3.63) is 69.7 Å². The van der Waals surface area contributed by atoms with Crippen molar-refractivity contribution in [2.45, 2.75) is 19.3 Å². The Morgan fingerprint density at radius 1 is 0.920 bits per heavy atom. The third kappa shape index (κ3) is 10.8. The topological polar surface area (TPSA) is 66.8 Å². The van der Waals surface area contributed by atoms with Crippen molar-refractivity contribution in [2.75, 3.05) is 19.8 Å². The van der Waals surface area contributed by atoms with Gasteiger partial charge in [-0.25, -0.2) is 0 Å². The molecule has 0 aliphatic rings. The van der Waals surface area contributed by atoms with Gasteiger partial charge >= 0.3 is 5.97 Å². The van der Waals surface area contributed by atoms with Gasteiger partial charge in [0, 0.05) is 16.7 Å². The first kappa shape index (κ1) is 21.5. The summed E-state index contributed by atoms with van der Waals surface area (Å²) in [6.45, 7) is 0.962. The molecule has 2 rings (SSSR count). The van der Waals surface area contributed by atoms with Crippen molar-refractivity contribution >= 4 is 29.2 Å². The molecule has 0 spiro atoms. The van der Waals surface area contributed by atoms with Gasteiger partial charge in [-0.15, -0.1) is 0 Å². The largest absolute Gasteiger partial charge is 0.481 e. The quantitative estimate of drug-likeness (QED) is 0.667. The van der Waals surface area contributed by atoms with Crippen LogP contribution in [0.3, 0.4) is 0 Å². The lowest BCUT2D eigenvalue weighted by Crippen LogP contribution is -2.05. The number of ether oxygens (including phenoxy) is 1. The summed E-state index contributed by atoms with van der Waals surface area (Å²) in [5, 5.41) is 18.4. The SMILES string of the molecule is O=C(O)CCOCCc1cccc(Cl)c1.OCCc1cccc(Cl)c1. The molecule has 0 amide bonds. The molecule has 2 N–H and O–H groups in total. The molecule has 0 fully saturated rings. The fraction of sp³-hybridized carbons (Fsp3) is 0.316. The zero-order valence-corrected chi connectivity index (χ0v) is 15.3. The first-order valence-electron chi connectivity index (χ1n) is 7.90. The van der Waals surface area contributed by atoms with E-state index in [1.54, 1.807) is 0 Å². The monoisotopic (exact) mass is 384 g/mol. The third-order valence-electron chi connectivity index (χ3n) is 3.17. The van der Waals surface area contributed by atoms with Crippen LogP contribution in [0, 0.1) is 0 Å². The van der Waals surface area contributed by atoms with Crippen molar-refractivity contribution in [3.8, 4) is 0 Å². The van der Waals surface area contributed by atoms with Crippen molar-refractivity contribution < 1.29 is 19.7 Å². The second-order valence-corrected chi connectivity index (χ2v) is 6.11. The predicted octanol–water partition coefficient (Wildman–Crippen LogP) is 4.25. The molecule has 6 heteroatoms. The number of aliphatic carboxylic acids is 1. The van der Waals surface area contributed by atoms with E-state index in [1.807, 2.05) is 48.5 Å². The Balaban J connectivity index is 0.000000271. The van der Waals surface area contributed by atoms with E-state index in [2.05, 4.69) is 0 Å². The van der Waals surface area contributed by atoms with Gasteiger partial charge in [-0.2, -0.15) is 0 Å². The lowest BCUT2D eigenvalue weighted by atomic mass is 10.2. The minimum atomic E-state index is -0.835. The lowest BCUT2D eigenvalue weighted by molar-refractivity contribution is -0.138. The van der Waals surface area contributed by atoms with Crippen LogP contribution < -0.4 is 0 Å². The highest BCUT2D eigenvalue weighted by Crippen LogP contribution is 2.11. The van der Waals surface area contributed by atoms with E-state index in [9.17, 15) is 4.79 Å². The van der Waals surface area contributed by atoms with Gasteiger partial charge in [0.2, 0.25) is 0 Å². The first-order chi connectivity index (χ1) is 12.0. The summed E-state index contributed by atoms with van der Waals surface area (Å²) >= 11 is 11.5. The van der Waals surface area contributed by atoms with E-state index in [0.29, 0.717) is 18.1 Å². The predicted molar refractivity (Wildman–Crippen MR) is 100 cm³/mol. The third-order valence-corrected chi connectivity index (χ3v) is 3.64. The summed E-state index contributed by atoms with van der Waals surface area (Å²) < 4.78 is 5.16. The second kappa shape index (κ2) is 12.7. The lowest BCUT2D eigenvalue weighted by Gasteiger charge is -2.03. The Kier molecular flexibility index (Phi) is 10.9. The number of carbonyl (C=O) groups is 1. The van der Waals surface area contributed by atoms with Crippen LogP contribution in [0.2, 0.25) is 10.0 Å². The van der Waals surface area contributed by atoms with Crippen LogP contribution in [0.1, 0.15) is 17.5 Å². The number of hydrogen-bond acceptors (Lipinski definition) is 3. The normalized spacial score (nSPS) is 10.0. The summed E-state index contributed by atoms with van der Waals surface area (Å²) in [4.78, 5) is 10.2. The molecule has 25 heavy (non-hydrogen) atoms. The van der Waals surface area contributed by atoms with E-state index in [1.165, 1.54) is 0 Å². The Morgan fingerprint density at radius 2 is 1.48 bits per heavy atom. The van der Waals surface area contributed by atoms with Crippen LogP contribution in [0.4, 0.5) is 0 Å². The Hall–Kier alpha value is -1.59. The van der Waals surface area contributed by atoms with Crippen molar-refractivity contribution in [2.24, 2.45) is 0 Å². The van der Waals surface area contributed by atoms with Crippen LogP contribution in [0.25, 0.3) is 0 Å². The Bertz CT molecular complexity index is 647. The molecule has 2 aromatic rings. The molecule has 2 aromatic carbocycles. The van der Waals surface area contributed by atoms with Gasteiger partial charge in [0.1, 0.15) is 0 Å². The molecule has 0 atom stereocenters. The Morgan fingerprint density at radius 3 is 1.96 bits per heavy atom. The molecule has 136 valence electrons. The van der Waals surface area contributed by atoms with Gasteiger partial charge in [-0.05, 0) is 48.2 Å². The number of carboxylic acid groups (broad SMARTS) is 1. The van der Waals surface area contributed by atoms with Crippen LogP contribution in [-0.4, -0.2) is 36.0 Å². The standard InChI is InChI=1S/C11H13ClO3.C8H9ClO/c12-10-3-1-2-9(8-10)4-6-15-7-5-11(13)14;9-8-3-1-2-7(6-8)4-5-10/h1-3,8H,4-7H2,(H,13,14);1-3,6,10H,4-5H2. The zero-order chi connectivity index (χ0) is 18.5. The van der Waals surface area contributed by atoms with Gasteiger partial charge in [0.05, 0.1) is 19.6 Å². The minimum absolute atomic E-state index is 0.0511. The second-order valence-electron chi connectivity index (χ2n) is 5.24. The Labute approximate surface area is 158 Å². The summed E-state index contributed by atoms with van der Waals surface area (Å²) in [5.74, 6) is -0.835. The number of aliphatic hydroxyl groups is 1. The van der Waals surface area contributed by atoms with Gasteiger partial charge in [-0.3, -0.25) is 4.79 Å². The van der Waals surface area contributed by atoms with Gasteiger partial charge in [-0.1, -0.05) is 47.5 Å². The molecule has 0 saturated carbocycles. The first-order valence-corrected chi connectivity index (χ1v) is 8.66.